The third-order valence-corrected chi connectivity index (χ3v) is 7.43. The summed E-state index contributed by atoms with van der Waals surface area (Å²) in [5, 5.41) is 4.33. The third kappa shape index (κ3) is 5.34. The van der Waals surface area contributed by atoms with Gasteiger partial charge in [-0.05, 0) is 54.5 Å². The SMILES string of the molecule is COc1nccnc1NS(=O)(=O)c1ccsc1C(=O)Nc1c(C)cc(C)c(COC(C)=O)c1C. The van der Waals surface area contributed by atoms with E-state index < -0.39 is 21.9 Å². The van der Waals surface area contributed by atoms with Crippen LogP contribution in [0.15, 0.2) is 34.8 Å². The van der Waals surface area contributed by atoms with Crippen molar-refractivity contribution in [1.82, 2.24) is 9.97 Å². The van der Waals surface area contributed by atoms with Gasteiger partial charge in [-0.25, -0.2) is 18.4 Å². The topological polar surface area (TPSA) is 137 Å². The van der Waals surface area contributed by atoms with Gasteiger partial charge in [-0.2, -0.15) is 0 Å². The predicted molar refractivity (Wildman–Crippen MR) is 128 cm³/mol. The fourth-order valence-corrected chi connectivity index (χ4v) is 5.72. The zero-order valence-corrected chi connectivity index (χ0v) is 20.9. The number of carbonyl (C=O) groups excluding carboxylic acids is 2. The smallest absolute Gasteiger partial charge is 0.302 e. The number of esters is 1. The normalized spacial score (nSPS) is 11.1. The Morgan fingerprint density at radius 3 is 2.50 bits per heavy atom. The number of amides is 1. The van der Waals surface area contributed by atoms with E-state index in [0.29, 0.717) is 5.69 Å². The molecule has 0 atom stereocenters. The van der Waals surface area contributed by atoms with E-state index in [-0.39, 0.29) is 28.1 Å². The Kier molecular flexibility index (Phi) is 7.52. The monoisotopic (exact) mass is 504 g/mol. The number of aryl methyl sites for hydroxylation is 2. The van der Waals surface area contributed by atoms with Crippen LogP contribution in [0.3, 0.4) is 0 Å². The van der Waals surface area contributed by atoms with E-state index in [2.05, 4.69) is 20.0 Å². The van der Waals surface area contributed by atoms with Gasteiger partial charge < -0.3 is 14.8 Å². The predicted octanol–water partition coefficient (Wildman–Crippen LogP) is 3.59. The number of aromatic nitrogens is 2. The number of carbonyl (C=O) groups is 2. The molecule has 0 unspecified atom stereocenters. The van der Waals surface area contributed by atoms with Crippen LogP contribution in [-0.4, -0.2) is 37.4 Å². The lowest BCUT2D eigenvalue weighted by molar-refractivity contribution is -0.142. The molecule has 0 spiro atoms. The number of rotatable bonds is 8. The molecule has 12 heteroatoms. The van der Waals surface area contributed by atoms with Crippen molar-refractivity contribution in [2.24, 2.45) is 0 Å². The Bertz CT molecular complexity index is 1350. The molecule has 34 heavy (non-hydrogen) atoms. The van der Waals surface area contributed by atoms with Crippen molar-refractivity contribution in [3.8, 4) is 5.88 Å². The van der Waals surface area contributed by atoms with Crippen LogP contribution >= 0.6 is 11.3 Å². The number of anilines is 2. The highest BCUT2D eigenvalue weighted by Gasteiger charge is 2.27. The first-order valence-corrected chi connectivity index (χ1v) is 12.4. The van der Waals surface area contributed by atoms with Crippen LogP contribution in [0.4, 0.5) is 11.5 Å². The molecule has 0 fully saturated rings. The average molecular weight is 505 g/mol. The van der Waals surface area contributed by atoms with Gasteiger partial charge in [0, 0.05) is 25.0 Å². The zero-order valence-electron chi connectivity index (χ0n) is 19.3. The fraction of sp³-hybridized carbons (Fsp3) is 0.273. The number of benzene rings is 1. The van der Waals surface area contributed by atoms with Gasteiger partial charge in [-0.3, -0.25) is 14.3 Å². The quantitative estimate of drug-likeness (QED) is 0.444. The maximum atomic E-state index is 13.2. The van der Waals surface area contributed by atoms with Gasteiger partial charge in [0.05, 0.1) is 7.11 Å². The number of sulfonamides is 1. The third-order valence-electron chi connectivity index (χ3n) is 5.00. The van der Waals surface area contributed by atoms with E-state index in [4.69, 9.17) is 9.47 Å². The highest BCUT2D eigenvalue weighted by Crippen LogP contribution is 2.31. The van der Waals surface area contributed by atoms with E-state index in [1.807, 2.05) is 26.8 Å². The summed E-state index contributed by atoms with van der Waals surface area (Å²) < 4.78 is 38.6. The van der Waals surface area contributed by atoms with Gasteiger partial charge in [-0.15, -0.1) is 11.3 Å². The van der Waals surface area contributed by atoms with Gasteiger partial charge in [0.15, 0.2) is 0 Å². The Labute approximate surface area is 201 Å². The number of nitrogens with one attached hydrogen (secondary N) is 2. The fourth-order valence-electron chi connectivity index (χ4n) is 3.39. The van der Waals surface area contributed by atoms with Crippen LogP contribution in [0.1, 0.15) is 38.8 Å². The lowest BCUT2D eigenvalue weighted by Gasteiger charge is -2.18. The summed E-state index contributed by atoms with van der Waals surface area (Å²) in [6.07, 6.45) is 2.68. The molecule has 180 valence electrons. The summed E-state index contributed by atoms with van der Waals surface area (Å²) in [5.41, 5.74) is 3.73. The minimum absolute atomic E-state index is 0.00137. The summed E-state index contributed by atoms with van der Waals surface area (Å²) in [4.78, 5) is 32.1. The molecule has 10 nitrogen and oxygen atoms in total. The Hall–Kier alpha value is -3.51. The Morgan fingerprint density at radius 1 is 1.12 bits per heavy atom. The molecule has 0 saturated heterocycles. The van der Waals surface area contributed by atoms with Crippen LogP contribution in [0, 0.1) is 20.8 Å². The van der Waals surface area contributed by atoms with Crippen LogP contribution in [0.5, 0.6) is 5.88 Å². The van der Waals surface area contributed by atoms with E-state index in [1.54, 1.807) is 0 Å². The van der Waals surface area contributed by atoms with Gasteiger partial charge in [0.25, 0.3) is 21.8 Å². The first kappa shape index (κ1) is 25.1. The molecule has 0 aliphatic carbocycles. The lowest BCUT2D eigenvalue weighted by Crippen LogP contribution is -2.20. The Morgan fingerprint density at radius 2 is 1.82 bits per heavy atom. The molecule has 0 radical (unpaired) electrons. The Balaban J connectivity index is 1.92. The summed E-state index contributed by atoms with van der Waals surface area (Å²) in [6, 6.07) is 3.21. The molecule has 3 aromatic rings. The molecule has 0 bridgehead atoms. The summed E-state index contributed by atoms with van der Waals surface area (Å²) in [6.45, 7) is 6.92. The molecule has 1 amide bonds. The maximum Gasteiger partial charge on any atom is 0.302 e. The number of methoxy groups -OCH3 is 1. The first-order chi connectivity index (χ1) is 16.0. The number of hydrogen-bond acceptors (Lipinski definition) is 9. The average Bonchev–Trinajstić information content (AvgIpc) is 3.27. The van der Waals surface area contributed by atoms with E-state index in [9.17, 15) is 18.0 Å². The zero-order chi connectivity index (χ0) is 25.0. The minimum atomic E-state index is -4.16. The van der Waals surface area contributed by atoms with Crippen molar-refractivity contribution in [2.45, 2.75) is 39.2 Å². The number of thiophene rings is 1. The minimum Gasteiger partial charge on any atom is -0.478 e. The molecule has 2 N–H and O–H groups in total. The second-order valence-electron chi connectivity index (χ2n) is 7.36. The van der Waals surface area contributed by atoms with Crippen molar-refractivity contribution in [2.75, 3.05) is 17.1 Å². The van der Waals surface area contributed by atoms with Crippen LogP contribution in [-0.2, 0) is 26.2 Å². The molecule has 1 aromatic carbocycles. The van der Waals surface area contributed by atoms with Crippen LogP contribution < -0.4 is 14.8 Å². The molecule has 2 aromatic heterocycles. The number of hydrogen-bond donors (Lipinski definition) is 2. The standard InChI is InChI=1S/C22H24N4O6S2/c1-12-10-13(2)18(14(3)16(12)11-32-15(4)27)25-21(28)19-17(6-9-33-19)34(29,30)26-20-22(31-5)24-8-7-23-20/h6-10H,11H2,1-5H3,(H,23,26)(H,25,28). The number of ether oxygens (including phenoxy) is 2. The van der Waals surface area contributed by atoms with Gasteiger partial charge in [0.1, 0.15) is 16.4 Å². The van der Waals surface area contributed by atoms with Crippen LogP contribution in [0.2, 0.25) is 0 Å². The van der Waals surface area contributed by atoms with Crippen LogP contribution in [0.25, 0.3) is 0 Å². The first-order valence-electron chi connectivity index (χ1n) is 10.0. The van der Waals surface area contributed by atoms with Crippen molar-refractivity contribution >= 4 is 44.7 Å². The lowest BCUT2D eigenvalue weighted by atomic mass is 9.97. The highest BCUT2D eigenvalue weighted by molar-refractivity contribution is 7.93. The van der Waals surface area contributed by atoms with E-state index >= 15 is 0 Å². The summed E-state index contributed by atoms with van der Waals surface area (Å²) in [5.74, 6) is -1.10. The van der Waals surface area contributed by atoms with Gasteiger partial charge in [-0.1, -0.05) is 6.07 Å². The molecular weight excluding hydrogens is 480 g/mol. The molecule has 0 saturated carbocycles. The molecule has 0 aliphatic rings. The molecular formula is C22H24N4O6S2. The van der Waals surface area contributed by atoms with Crippen molar-refractivity contribution < 1.29 is 27.5 Å². The van der Waals surface area contributed by atoms with Gasteiger partial charge >= 0.3 is 5.97 Å². The van der Waals surface area contributed by atoms with E-state index in [1.165, 1.54) is 37.9 Å². The van der Waals surface area contributed by atoms with Gasteiger partial charge in [0.2, 0.25) is 5.82 Å². The highest BCUT2D eigenvalue weighted by atomic mass is 32.2. The summed E-state index contributed by atoms with van der Waals surface area (Å²) in [7, 11) is -2.82. The van der Waals surface area contributed by atoms with Crippen molar-refractivity contribution in [3.05, 3.63) is 57.0 Å². The van der Waals surface area contributed by atoms with Crippen molar-refractivity contribution in [1.29, 1.82) is 0 Å². The largest absolute Gasteiger partial charge is 0.478 e. The van der Waals surface area contributed by atoms with E-state index in [0.717, 1.165) is 33.6 Å². The number of nitrogens with zero attached hydrogens (tertiary/aromatic N) is 2. The second kappa shape index (κ2) is 10.2. The second-order valence-corrected chi connectivity index (χ2v) is 9.92. The summed E-state index contributed by atoms with van der Waals surface area (Å²) >= 11 is 0.990. The molecule has 3 rings (SSSR count). The maximum absolute atomic E-state index is 13.2. The van der Waals surface area contributed by atoms with Crippen molar-refractivity contribution in [3.63, 3.8) is 0 Å². The molecule has 2 heterocycles. The molecule has 0 aliphatic heterocycles.